The van der Waals surface area contributed by atoms with Gasteiger partial charge in [0.2, 0.25) is 0 Å². The van der Waals surface area contributed by atoms with Gasteiger partial charge in [0.1, 0.15) is 6.29 Å². The number of hydrogen-bond acceptors (Lipinski definition) is 5. The van der Waals surface area contributed by atoms with Gasteiger partial charge in [-0.1, -0.05) is 0 Å². The molecule has 0 fully saturated rings. The molecule has 0 saturated heterocycles. The monoisotopic (exact) mass is 239 g/mol. The Bertz CT molecular complexity index is 235. The van der Waals surface area contributed by atoms with Gasteiger partial charge in [-0.3, -0.25) is 14.3 Å². The third-order valence-corrected chi connectivity index (χ3v) is 3.60. The van der Waals surface area contributed by atoms with Gasteiger partial charge >= 0.3 is 13.6 Å². The highest BCUT2D eigenvalue weighted by molar-refractivity contribution is 7.53. The quantitative estimate of drug-likeness (QED) is 0.642. The van der Waals surface area contributed by atoms with E-state index >= 15 is 0 Å². The van der Waals surface area contributed by atoms with E-state index in [-0.39, 0.29) is 26.0 Å². The fourth-order valence-corrected chi connectivity index (χ4v) is 2.80. The molecule has 0 unspecified atom stereocenters. The third kappa shape index (κ3) is 6.62. The van der Waals surface area contributed by atoms with Crippen molar-refractivity contribution < 1.29 is 23.5 Å². The summed E-state index contributed by atoms with van der Waals surface area (Å²) in [6, 6.07) is 0. The van der Waals surface area contributed by atoms with E-state index in [1.54, 1.807) is 20.9 Å². The number of rotatable bonds is 8. The number of aliphatic carboxylic acids is 1. The lowest BCUT2D eigenvalue weighted by Gasteiger charge is -2.21. The van der Waals surface area contributed by atoms with Gasteiger partial charge in [-0.25, -0.2) is 0 Å². The molecule has 90 valence electrons. The summed E-state index contributed by atoms with van der Waals surface area (Å²) in [7, 11) is -1.61. The molecule has 0 saturated carbocycles. The fourth-order valence-electron chi connectivity index (χ4n) is 1.09. The first-order valence-corrected chi connectivity index (χ1v) is 6.44. The second-order valence-corrected chi connectivity index (χ2v) is 5.02. The number of carbonyl (C=O) groups is 1. The molecule has 0 atom stereocenters. The van der Waals surface area contributed by atoms with E-state index in [0.29, 0.717) is 0 Å². The van der Waals surface area contributed by atoms with Crippen LogP contribution in [0.25, 0.3) is 0 Å². The summed E-state index contributed by atoms with van der Waals surface area (Å²) in [5.74, 6) is -0.975. The van der Waals surface area contributed by atoms with Crippen LogP contribution in [-0.2, 0) is 18.4 Å². The Balaban J connectivity index is 4.27. The minimum atomic E-state index is -3.17. The molecule has 15 heavy (non-hydrogen) atoms. The van der Waals surface area contributed by atoms with E-state index in [2.05, 4.69) is 0 Å². The maximum absolute atomic E-state index is 11.9. The molecule has 7 heteroatoms. The van der Waals surface area contributed by atoms with Gasteiger partial charge in [0.15, 0.2) is 0 Å². The largest absolute Gasteiger partial charge is 0.480 e. The van der Waals surface area contributed by atoms with Crippen LogP contribution in [0.5, 0.6) is 0 Å². The molecular weight excluding hydrogens is 221 g/mol. The molecule has 0 aliphatic carbocycles. The van der Waals surface area contributed by atoms with Gasteiger partial charge in [0, 0.05) is 0 Å². The second-order valence-electron chi connectivity index (χ2n) is 3.00. The van der Waals surface area contributed by atoms with Crippen LogP contribution in [0, 0.1) is 0 Å². The smallest absolute Gasteiger partial charge is 0.344 e. The Kier molecular flexibility index (Phi) is 6.76. The summed E-state index contributed by atoms with van der Waals surface area (Å²) in [5, 5.41) is 8.53. The maximum atomic E-state index is 11.9. The van der Waals surface area contributed by atoms with Gasteiger partial charge in [0.05, 0.1) is 19.8 Å². The Morgan fingerprint density at radius 2 is 1.80 bits per heavy atom. The molecule has 0 aromatic heterocycles. The average molecular weight is 239 g/mol. The molecule has 0 spiro atoms. The van der Waals surface area contributed by atoms with E-state index in [1.807, 2.05) is 0 Å². The van der Waals surface area contributed by atoms with Gasteiger partial charge in [-0.05, 0) is 20.9 Å². The molecule has 1 N–H and O–H groups in total. The zero-order valence-corrected chi connectivity index (χ0v) is 10.2. The zero-order chi connectivity index (χ0) is 11.9. The van der Waals surface area contributed by atoms with Crippen LogP contribution >= 0.6 is 7.60 Å². The molecule has 0 aromatic rings. The highest BCUT2D eigenvalue weighted by atomic mass is 31.2. The number of carboxylic acids is 1. The Morgan fingerprint density at radius 1 is 1.33 bits per heavy atom. The summed E-state index contributed by atoms with van der Waals surface area (Å²) in [4.78, 5) is 11.8. The van der Waals surface area contributed by atoms with Crippen molar-refractivity contribution in [2.24, 2.45) is 0 Å². The summed E-state index contributed by atoms with van der Waals surface area (Å²) < 4.78 is 22.0. The lowest BCUT2D eigenvalue weighted by Crippen LogP contribution is -2.27. The molecule has 0 heterocycles. The van der Waals surface area contributed by atoms with Crippen LogP contribution in [0.4, 0.5) is 0 Å². The lowest BCUT2D eigenvalue weighted by molar-refractivity contribution is -0.137. The molecule has 0 bridgehead atoms. The fraction of sp³-hybridized carbons (Fsp3) is 0.875. The normalized spacial score (nSPS) is 12.0. The zero-order valence-electron chi connectivity index (χ0n) is 9.30. The first-order chi connectivity index (χ1) is 6.93. The van der Waals surface area contributed by atoms with Gasteiger partial charge < -0.3 is 14.2 Å². The van der Waals surface area contributed by atoms with Crippen LogP contribution in [0.15, 0.2) is 0 Å². The summed E-state index contributed by atoms with van der Waals surface area (Å²) in [6.07, 6.45) is -0.0129. The highest BCUT2D eigenvalue weighted by Gasteiger charge is 2.26. The van der Waals surface area contributed by atoms with E-state index in [9.17, 15) is 9.36 Å². The SMILES string of the molecule is CCOP(=O)(CN(C)CC(=O)O)OCC. The number of carboxylic acid groups (broad SMARTS) is 1. The van der Waals surface area contributed by atoms with Crippen molar-refractivity contribution in [1.29, 1.82) is 0 Å². The van der Waals surface area contributed by atoms with Crippen LogP contribution in [0.3, 0.4) is 0 Å². The highest BCUT2D eigenvalue weighted by Crippen LogP contribution is 2.48. The first kappa shape index (κ1) is 14.6. The molecule has 6 nitrogen and oxygen atoms in total. The number of nitrogens with zero attached hydrogens (tertiary/aromatic N) is 1. The topological polar surface area (TPSA) is 76.1 Å². The van der Waals surface area contributed by atoms with Crippen LogP contribution < -0.4 is 0 Å². The average Bonchev–Trinajstić information content (AvgIpc) is 2.01. The summed E-state index contributed by atoms with van der Waals surface area (Å²) >= 11 is 0. The standard InChI is InChI=1S/C8H18NO5P/c1-4-13-15(12,14-5-2)7-9(3)6-8(10)11/h4-7H2,1-3H3,(H,10,11). The molecule has 0 amide bonds. The molecule has 0 aliphatic rings. The van der Waals surface area contributed by atoms with Gasteiger partial charge in [0.25, 0.3) is 0 Å². The lowest BCUT2D eigenvalue weighted by atomic mass is 10.6. The van der Waals surface area contributed by atoms with Crippen molar-refractivity contribution in [2.45, 2.75) is 13.8 Å². The second kappa shape index (κ2) is 6.95. The van der Waals surface area contributed by atoms with Crippen molar-refractivity contribution in [2.75, 3.05) is 33.1 Å². The van der Waals surface area contributed by atoms with Crippen molar-refractivity contribution in [1.82, 2.24) is 4.90 Å². The van der Waals surface area contributed by atoms with Gasteiger partial charge in [-0.15, -0.1) is 0 Å². The molecule has 0 rings (SSSR count). The van der Waals surface area contributed by atoms with E-state index < -0.39 is 13.6 Å². The number of hydrogen-bond donors (Lipinski definition) is 1. The van der Waals surface area contributed by atoms with Crippen LogP contribution in [0.1, 0.15) is 13.8 Å². The predicted octanol–water partition coefficient (Wildman–Crippen LogP) is 1.23. The number of likely N-dealkylation sites (N-methyl/N-ethyl adjacent to an activating group) is 1. The van der Waals surface area contributed by atoms with Crippen molar-refractivity contribution in [3.8, 4) is 0 Å². The molecule has 0 aromatic carbocycles. The Hall–Kier alpha value is -0.420. The summed E-state index contributed by atoms with van der Waals surface area (Å²) in [6.45, 7) is 3.78. The summed E-state index contributed by atoms with van der Waals surface area (Å²) in [5.41, 5.74) is 0. The minimum Gasteiger partial charge on any atom is -0.480 e. The maximum Gasteiger partial charge on any atom is 0.344 e. The van der Waals surface area contributed by atoms with Crippen molar-refractivity contribution in [3.63, 3.8) is 0 Å². The van der Waals surface area contributed by atoms with Crippen LogP contribution in [0.2, 0.25) is 0 Å². The van der Waals surface area contributed by atoms with E-state index in [4.69, 9.17) is 14.2 Å². The minimum absolute atomic E-state index is 0.0129. The third-order valence-electron chi connectivity index (χ3n) is 1.47. The van der Waals surface area contributed by atoms with E-state index in [1.165, 1.54) is 4.90 Å². The van der Waals surface area contributed by atoms with E-state index in [0.717, 1.165) is 0 Å². The van der Waals surface area contributed by atoms with Crippen molar-refractivity contribution in [3.05, 3.63) is 0 Å². The Morgan fingerprint density at radius 3 is 2.13 bits per heavy atom. The molecule has 0 radical (unpaired) electrons. The Labute approximate surface area is 89.7 Å². The molecule has 0 aliphatic heterocycles. The first-order valence-electron chi connectivity index (χ1n) is 4.72. The van der Waals surface area contributed by atoms with Crippen molar-refractivity contribution >= 4 is 13.6 Å². The predicted molar refractivity (Wildman–Crippen MR) is 56.0 cm³/mol. The van der Waals surface area contributed by atoms with Crippen LogP contribution in [-0.4, -0.2) is 49.1 Å². The molecular formula is C8H18NO5P. The van der Waals surface area contributed by atoms with Gasteiger partial charge in [-0.2, -0.15) is 0 Å².